The summed E-state index contributed by atoms with van der Waals surface area (Å²) < 4.78 is 5.35. The van der Waals surface area contributed by atoms with Gasteiger partial charge in [-0.2, -0.15) is 4.98 Å². The molecule has 1 fully saturated rings. The van der Waals surface area contributed by atoms with E-state index in [9.17, 15) is 5.11 Å². The minimum absolute atomic E-state index is 0.207. The molecule has 2 aromatic heterocycles. The van der Waals surface area contributed by atoms with Gasteiger partial charge in [-0.3, -0.25) is 0 Å². The fraction of sp³-hybridized carbons (Fsp3) is 0.385. The SMILES string of the molecule is Nc1ccc(-c2nc(CO)nc([NH+]3CCOCC3)[nH+]2)cn1. The molecule has 0 aromatic carbocycles. The molecule has 0 spiro atoms. The minimum Gasteiger partial charge on any atom is -0.385 e. The molecule has 0 atom stereocenters. The molecule has 3 heterocycles. The van der Waals surface area contributed by atoms with Crippen molar-refractivity contribution in [2.75, 3.05) is 32.0 Å². The highest BCUT2D eigenvalue weighted by Gasteiger charge is 2.27. The predicted molar refractivity (Wildman–Crippen MR) is 73.3 cm³/mol. The molecule has 21 heavy (non-hydrogen) atoms. The quantitative estimate of drug-likeness (QED) is 0.601. The van der Waals surface area contributed by atoms with Crippen LogP contribution in [-0.2, 0) is 11.3 Å². The first-order valence-corrected chi connectivity index (χ1v) is 6.82. The van der Waals surface area contributed by atoms with E-state index in [0.717, 1.165) is 24.6 Å². The van der Waals surface area contributed by atoms with Crippen LogP contribution in [0, 0.1) is 0 Å². The topological polar surface area (TPSA) is 113 Å². The zero-order valence-corrected chi connectivity index (χ0v) is 11.5. The summed E-state index contributed by atoms with van der Waals surface area (Å²) in [4.78, 5) is 17.1. The summed E-state index contributed by atoms with van der Waals surface area (Å²) >= 11 is 0. The number of rotatable bonds is 3. The van der Waals surface area contributed by atoms with Gasteiger partial charge in [-0.15, -0.1) is 0 Å². The average molecular weight is 290 g/mol. The molecule has 0 unspecified atom stereocenters. The molecule has 110 valence electrons. The summed E-state index contributed by atoms with van der Waals surface area (Å²) in [7, 11) is 0. The van der Waals surface area contributed by atoms with Crippen LogP contribution in [-0.4, -0.2) is 46.4 Å². The second kappa shape index (κ2) is 6.08. The molecule has 0 radical (unpaired) electrons. The largest absolute Gasteiger partial charge is 0.437 e. The van der Waals surface area contributed by atoms with Gasteiger partial charge in [0.1, 0.15) is 25.5 Å². The van der Waals surface area contributed by atoms with Crippen molar-refractivity contribution in [2.24, 2.45) is 0 Å². The van der Waals surface area contributed by atoms with E-state index < -0.39 is 0 Å². The highest BCUT2D eigenvalue weighted by atomic mass is 16.5. The van der Waals surface area contributed by atoms with Crippen LogP contribution >= 0.6 is 0 Å². The maximum Gasteiger partial charge on any atom is 0.437 e. The molecule has 0 aliphatic carbocycles. The summed E-state index contributed by atoms with van der Waals surface area (Å²) in [6, 6.07) is 3.55. The van der Waals surface area contributed by atoms with Gasteiger partial charge < -0.3 is 15.6 Å². The highest BCUT2D eigenvalue weighted by Crippen LogP contribution is 2.12. The van der Waals surface area contributed by atoms with Crippen molar-refractivity contribution in [1.29, 1.82) is 0 Å². The predicted octanol–water partition coefficient (Wildman–Crippen LogP) is -2.03. The van der Waals surface area contributed by atoms with Crippen molar-refractivity contribution in [3.05, 3.63) is 24.2 Å². The van der Waals surface area contributed by atoms with E-state index in [4.69, 9.17) is 10.5 Å². The molecule has 0 bridgehead atoms. The first-order chi connectivity index (χ1) is 10.3. The maximum atomic E-state index is 9.37. The number of aliphatic hydroxyl groups is 1. The smallest absolute Gasteiger partial charge is 0.385 e. The van der Waals surface area contributed by atoms with Gasteiger partial charge in [0, 0.05) is 6.20 Å². The number of hydrogen-bond acceptors (Lipinski definition) is 6. The van der Waals surface area contributed by atoms with Gasteiger partial charge in [-0.25, -0.2) is 9.88 Å². The Hall–Kier alpha value is -2.16. The Morgan fingerprint density at radius 1 is 1.29 bits per heavy atom. The van der Waals surface area contributed by atoms with Crippen LogP contribution in [0.2, 0.25) is 0 Å². The molecule has 1 aliphatic rings. The number of aromatic nitrogens is 4. The van der Waals surface area contributed by atoms with Gasteiger partial charge in [0.2, 0.25) is 0 Å². The lowest BCUT2D eigenvalue weighted by Crippen LogP contribution is -3.11. The fourth-order valence-electron chi connectivity index (χ4n) is 2.23. The molecule has 1 saturated heterocycles. The van der Waals surface area contributed by atoms with Crippen LogP contribution in [0.1, 0.15) is 5.82 Å². The average Bonchev–Trinajstić information content (AvgIpc) is 2.56. The van der Waals surface area contributed by atoms with E-state index >= 15 is 0 Å². The summed E-state index contributed by atoms with van der Waals surface area (Å²) in [6.07, 6.45) is 1.65. The Morgan fingerprint density at radius 3 is 2.76 bits per heavy atom. The Balaban J connectivity index is 1.98. The number of morpholine rings is 1. The molecular weight excluding hydrogens is 272 g/mol. The van der Waals surface area contributed by atoms with Gasteiger partial charge in [0.05, 0.1) is 18.8 Å². The van der Waals surface area contributed by atoms with Gasteiger partial charge in [0.25, 0.3) is 5.82 Å². The third kappa shape index (κ3) is 3.13. The van der Waals surface area contributed by atoms with Crippen molar-refractivity contribution in [1.82, 2.24) is 15.0 Å². The van der Waals surface area contributed by atoms with E-state index in [0.29, 0.717) is 30.7 Å². The number of nitrogens with one attached hydrogen (secondary N) is 2. The lowest BCUT2D eigenvalue weighted by atomic mass is 10.2. The highest BCUT2D eigenvalue weighted by molar-refractivity contribution is 5.52. The van der Waals surface area contributed by atoms with Crippen LogP contribution in [0.3, 0.4) is 0 Å². The van der Waals surface area contributed by atoms with Crippen molar-refractivity contribution in [3.8, 4) is 11.4 Å². The second-order valence-corrected chi connectivity index (χ2v) is 4.81. The van der Waals surface area contributed by atoms with Crippen molar-refractivity contribution >= 4 is 11.8 Å². The molecule has 8 nitrogen and oxygen atoms in total. The van der Waals surface area contributed by atoms with E-state index in [-0.39, 0.29) is 6.61 Å². The normalized spacial score (nSPS) is 16.0. The zero-order valence-electron chi connectivity index (χ0n) is 11.5. The summed E-state index contributed by atoms with van der Waals surface area (Å²) in [5.74, 6) is 2.21. The van der Waals surface area contributed by atoms with E-state index in [1.165, 1.54) is 4.90 Å². The number of nitrogens with two attached hydrogens (primary N) is 1. The number of pyridine rings is 1. The van der Waals surface area contributed by atoms with Gasteiger partial charge in [-0.1, -0.05) is 4.98 Å². The maximum absolute atomic E-state index is 9.37. The molecule has 1 aliphatic heterocycles. The van der Waals surface area contributed by atoms with Crippen molar-refractivity contribution < 1.29 is 19.7 Å². The minimum atomic E-state index is -0.207. The number of nitrogen functional groups attached to an aromatic ring is 1. The Kier molecular flexibility index (Phi) is 4.00. The Morgan fingerprint density at radius 2 is 2.10 bits per heavy atom. The van der Waals surface area contributed by atoms with Crippen LogP contribution in [0.4, 0.5) is 11.8 Å². The van der Waals surface area contributed by atoms with E-state index in [2.05, 4.69) is 19.9 Å². The molecule has 5 N–H and O–H groups in total. The molecule has 3 rings (SSSR count). The summed E-state index contributed by atoms with van der Waals surface area (Å²) in [5, 5.41) is 9.37. The number of aromatic amines is 1. The molecule has 0 saturated carbocycles. The number of aliphatic hydroxyl groups excluding tert-OH is 1. The van der Waals surface area contributed by atoms with Crippen LogP contribution in [0.5, 0.6) is 0 Å². The van der Waals surface area contributed by atoms with Gasteiger partial charge in [-0.05, 0) is 17.1 Å². The number of hydrogen-bond donors (Lipinski definition) is 3. The number of H-pyrrole nitrogens is 1. The number of anilines is 1. The van der Waals surface area contributed by atoms with Gasteiger partial charge >= 0.3 is 11.8 Å². The van der Waals surface area contributed by atoms with Gasteiger partial charge in [0.15, 0.2) is 0 Å². The summed E-state index contributed by atoms with van der Waals surface area (Å²) in [5.41, 5.74) is 6.40. The number of ether oxygens (including phenoxy) is 1. The Labute approximate surface area is 121 Å². The van der Waals surface area contributed by atoms with E-state index in [1.807, 2.05) is 6.07 Å². The second-order valence-electron chi connectivity index (χ2n) is 4.81. The summed E-state index contributed by atoms with van der Waals surface area (Å²) in [6.45, 7) is 2.84. The van der Waals surface area contributed by atoms with Crippen LogP contribution < -0.4 is 15.6 Å². The first kappa shape index (κ1) is 13.8. The lowest BCUT2D eigenvalue weighted by molar-refractivity contribution is -0.878. The van der Waals surface area contributed by atoms with Crippen LogP contribution in [0.15, 0.2) is 18.3 Å². The molecular formula is C13H18N6O2+2. The third-order valence-electron chi connectivity index (χ3n) is 3.35. The number of quaternary nitrogens is 1. The fourth-order valence-corrected chi connectivity index (χ4v) is 2.23. The molecule has 8 heteroatoms. The van der Waals surface area contributed by atoms with E-state index in [1.54, 1.807) is 12.3 Å². The van der Waals surface area contributed by atoms with Crippen LogP contribution in [0.25, 0.3) is 11.4 Å². The third-order valence-corrected chi connectivity index (χ3v) is 3.35. The molecule has 0 amide bonds. The first-order valence-electron chi connectivity index (χ1n) is 6.82. The standard InChI is InChI=1S/C13H16N6O2/c14-10-2-1-9(7-15-10)12-16-11(8-20)17-13(18-12)19-3-5-21-6-4-19/h1-2,7,20H,3-6,8H2,(H2,14,15)/p+2. The van der Waals surface area contributed by atoms with Crippen molar-refractivity contribution in [2.45, 2.75) is 6.61 Å². The monoisotopic (exact) mass is 290 g/mol. The lowest BCUT2D eigenvalue weighted by Gasteiger charge is -2.19. The Bertz CT molecular complexity index is 613. The number of nitrogens with zero attached hydrogens (tertiary/aromatic N) is 3. The molecule has 2 aromatic rings. The van der Waals surface area contributed by atoms with Crippen molar-refractivity contribution in [3.63, 3.8) is 0 Å². The zero-order chi connectivity index (χ0) is 14.7.